The summed E-state index contributed by atoms with van der Waals surface area (Å²) >= 11 is 0. The Labute approximate surface area is 180 Å². The van der Waals surface area contributed by atoms with Crippen molar-refractivity contribution < 1.29 is 23.3 Å². The quantitative estimate of drug-likeness (QED) is 0.453. The van der Waals surface area contributed by atoms with Crippen LogP contribution in [0.3, 0.4) is 0 Å². The van der Waals surface area contributed by atoms with E-state index in [9.17, 15) is 9.59 Å². The number of nitrogens with zero attached hydrogens (tertiary/aromatic N) is 2. The van der Waals surface area contributed by atoms with Gasteiger partial charge in [0.2, 0.25) is 5.91 Å². The zero-order valence-electron chi connectivity index (χ0n) is 18.0. The third kappa shape index (κ3) is 6.26. The SMILES string of the molecule is CCC[NH+](CC(=O)NCC(=O)Nc1c(C)cccc1C)Cc1nnc(-c2ccco2)o1. The van der Waals surface area contributed by atoms with Crippen molar-refractivity contribution in [3.05, 3.63) is 53.6 Å². The van der Waals surface area contributed by atoms with Gasteiger partial charge in [0.15, 0.2) is 18.8 Å². The second-order valence-electron chi connectivity index (χ2n) is 7.42. The fourth-order valence-corrected chi connectivity index (χ4v) is 3.30. The minimum atomic E-state index is -0.261. The van der Waals surface area contributed by atoms with E-state index in [1.54, 1.807) is 12.1 Å². The van der Waals surface area contributed by atoms with Crippen molar-refractivity contribution in [1.29, 1.82) is 0 Å². The van der Waals surface area contributed by atoms with Gasteiger partial charge in [-0.3, -0.25) is 9.59 Å². The largest absolute Gasteiger partial charge is 0.459 e. The summed E-state index contributed by atoms with van der Waals surface area (Å²) in [5, 5.41) is 13.6. The first-order valence-corrected chi connectivity index (χ1v) is 10.3. The molecule has 2 aromatic heterocycles. The highest BCUT2D eigenvalue weighted by Gasteiger charge is 2.19. The lowest BCUT2D eigenvalue weighted by atomic mass is 10.1. The smallest absolute Gasteiger partial charge is 0.283 e. The number of hydrogen-bond acceptors (Lipinski definition) is 6. The van der Waals surface area contributed by atoms with Crippen molar-refractivity contribution in [2.75, 3.05) is 25.0 Å². The number of para-hydroxylation sites is 1. The van der Waals surface area contributed by atoms with Crippen LogP contribution in [0.5, 0.6) is 0 Å². The lowest BCUT2D eigenvalue weighted by molar-refractivity contribution is -0.907. The van der Waals surface area contributed by atoms with Crippen LogP contribution in [0.25, 0.3) is 11.7 Å². The zero-order valence-corrected chi connectivity index (χ0v) is 18.0. The summed E-state index contributed by atoms with van der Waals surface area (Å²) < 4.78 is 10.9. The standard InChI is InChI=1S/C22H27N5O4/c1-4-10-27(14-20-25-26-22(31-20)17-9-6-11-30-17)13-19(29)23-12-18(28)24-21-15(2)7-5-8-16(21)3/h5-9,11H,4,10,12-14H2,1-3H3,(H,23,29)(H,24,28)/p+1. The Balaban J connectivity index is 1.50. The monoisotopic (exact) mass is 426 g/mol. The van der Waals surface area contributed by atoms with Crippen LogP contribution in [-0.4, -0.2) is 41.6 Å². The number of carbonyl (C=O) groups is 2. The van der Waals surface area contributed by atoms with E-state index >= 15 is 0 Å². The average molecular weight is 426 g/mol. The number of carbonyl (C=O) groups excluding carboxylic acids is 2. The predicted molar refractivity (Wildman–Crippen MR) is 114 cm³/mol. The average Bonchev–Trinajstić information content (AvgIpc) is 3.41. The molecule has 2 amide bonds. The number of aryl methyl sites for hydroxylation is 2. The molecule has 3 N–H and O–H groups in total. The Hall–Kier alpha value is -3.46. The van der Waals surface area contributed by atoms with Gasteiger partial charge in [-0.25, -0.2) is 0 Å². The molecule has 0 fully saturated rings. The number of quaternary nitrogens is 1. The highest BCUT2D eigenvalue weighted by atomic mass is 16.4. The maximum atomic E-state index is 12.4. The van der Waals surface area contributed by atoms with Gasteiger partial charge in [-0.1, -0.05) is 25.1 Å². The van der Waals surface area contributed by atoms with E-state index in [0.717, 1.165) is 34.7 Å². The first kappa shape index (κ1) is 22.2. The van der Waals surface area contributed by atoms with Gasteiger partial charge in [-0.15, -0.1) is 10.2 Å². The van der Waals surface area contributed by atoms with E-state index in [2.05, 4.69) is 20.8 Å². The lowest BCUT2D eigenvalue weighted by Crippen LogP contribution is -3.12. The first-order chi connectivity index (χ1) is 15.0. The molecule has 164 valence electrons. The Kier molecular flexibility index (Phi) is 7.55. The second-order valence-corrected chi connectivity index (χ2v) is 7.42. The van der Waals surface area contributed by atoms with Gasteiger partial charge in [0.1, 0.15) is 0 Å². The fraction of sp³-hybridized carbons (Fsp3) is 0.364. The van der Waals surface area contributed by atoms with Crippen LogP contribution in [0.1, 0.15) is 30.4 Å². The molecule has 31 heavy (non-hydrogen) atoms. The van der Waals surface area contributed by atoms with E-state index in [4.69, 9.17) is 8.83 Å². The summed E-state index contributed by atoms with van der Waals surface area (Å²) in [6, 6.07) is 9.29. The van der Waals surface area contributed by atoms with Crippen LogP contribution in [0, 0.1) is 13.8 Å². The number of benzene rings is 1. The molecule has 0 saturated heterocycles. The van der Waals surface area contributed by atoms with E-state index < -0.39 is 0 Å². The summed E-state index contributed by atoms with van der Waals surface area (Å²) in [5.74, 6) is 0.760. The van der Waals surface area contributed by atoms with Gasteiger partial charge in [0.05, 0.1) is 19.4 Å². The van der Waals surface area contributed by atoms with Crippen molar-refractivity contribution in [1.82, 2.24) is 15.5 Å². The molecule has 0 spiro atoms. The molecule has 0 bridgehead atoms. The van der Waals surface area contributed by atoms with Crippen molar-refractivity contribution in [3.8, 4) is 11.7 Å². The summed E-state index contributed by atoms with van der Waals surface area (Å²) in [6.45, 7) is 7.17. The molecule has 0 saturated carbocycles. The fourth-order valence-electron chi connectivity index (χ4n) is 3.30. The normalized spacial score (nSPS) is 11.8. The molecule has 0 aliphatic heterocycles. The Morgan fingerprint density at radius 3 is 2.52 bits per heavy atom. The highest BCUT2D eigenvalue weighted by molar-refractivity contribution is 5.95. The van der Waals surface area contributed by atoms with E-state index in [-0.39, 0.29) is 24.9 Å². The predicted octanol–water partition coefficient (Wildman–Crippen LogP) is 1.50. The van der Waals surface area contributed by atoms with Crippen molar-refractivity contribution >= 4 is 17.5 Å². The number of nitrogens with one attached hydrogen (secondary N) is 3. The Morgan fingerprint density at radius 1 is 1.06 bits per heavy atom. The van der Waals surface area contributed by atoms with Crippen LogP contribution >= 0.6 is 0 Å². The lowest BCUT2D eigenvalue weighted by Gasteiger charge is -2.17. The minimum absolute atomic E-state index is 0.0881. The van der Waals surface area contributed by atoms with E-state index in [1.165, 1.54) is 6.26 Å². The van der Waals surface area contributed by atoms with Crippen LogP contribution in [0.15, 0.2) is 45.4 Å². The molecule has 1 atom stereocenters. The van der Waals surface area contributed by atoms with Crippen molar-refractivity contribution in [2.24, 2.45) is 0 Å². The molecule has 9 nitrogen and oxygen atoms in total. The van der Waals surface area contributed by atoms with Gasteiger partial charge in [-0.2, -0.15) is 0 Å². The van der Waals surface area contributed by atoms with Gasteiger partial charge in [-0.05, 0) is 43.5 Å². The van der Waals surface area contributed by atoms with Gasteiger partial charge >= 0.3 is 0 Å². The first-order valence-electron chi connectivity index (χ1n) is 10.3. The number of furan rings is 1. The van der Waals surface area contributed by atoms with E-state index in [1.807, 2.05) is 39.0 Å². The topological polar surface area (TPSA) is 115 Å². The van der Waals surface area contributed by atoms with Crippen LogP contribution in [0.2, 0.25) is 0 Å². The molecule has 9 heteroatoms. The third-order valence-electron chi connectivity index (χ3n) is 4.81. The van der Waals surface area contributed by atoms with Gasteiger partial charge in [0, 0.05) is 5.69 Å². The van der Waals surface area contributed by atoms with Crippen LogP contribution in [0.4, 0.5) is 5.69 Å². The summed E-state index contributed by atoms with van der Waals surface area (Å²) in [7, 11) is 0. The second kappa shape index (κ2) is 10.5. The molecule has 1 unspecified atom stereocenters. The molecule has 3 aromatic rings. The molecule has 0 aliphatic rings. The van der Waals surface area contributed by atoms with E-state index in [0.29, 0.717) is 24.1 Å². The van der Waals surface area contributed by atoms with Crippen LogP contribution in [-0.2, 0) is 16.1 Å². The Morgan fingerprint density at radius 2 is 1.84 bits per heavy atom. The number of rotatable bonds is 10. The number of anilines is 1. The molecule has 2 heterocycles. The highest BCUT2D eigenvalue weighted by Crippen LogP contribution is 2.19. The third-order valence-corrected chi connectivity index (χ3v) is 4.81. The molecular weight excluding hydrogens is 398 g/mol. The zero-order chi connectivity index (χ0) is 22.2. The maximum absolute atomic E-state index is 12.4. The molecule has 0 radical (unpaired) electrons. The minimum Gasteiger partial charge on any atom is -0.459 e. The number of hydrogen-bond donors (Lipinski definition) is 3. The van der Waals surface area contributed by atoms with Crippen molar-refractivity contribution in [3.63, 3.8) is 0 Å². The van der Waals surface area contributed by atoms with Gasteiger partial charge < -0.3 is 24.4 Å². The van der Waals surface area contributed by atoms with Crippen LogP contribution < -0.4 is 15.5 Å². The maximum Gasteiger partial charge on any atom is 0.283 e. The summed E-state index contributed by atoms with van der Waals surface area (Å²) in [5.41, 5.74) is 2.74. The number of aromatic nitrogens is 2. The molecule has 3 rings (SSSR count). The number of amides is 2. The molecule has 1 aromatic carbocycles. The van der Waals surface area contributed by atoms with Crippen molar-refractivity contribution in [2.45, 2.75) is 33.7 Å². The van der Waals surface area contributed by atoms with Gasteiger partial charge in [0.25, 0.3) is 17.7 Å². The molecule has 0 aliphatic carbocycles. The molecular formula is C22H28N5O4+. The Bertz CT molecular complexity index is 993. The summed E-state index contributed by atoms with van der Waals surface area (Å²) in [6.07, 6.45) is 2.42. The summed E-state index contributed by atoms with van der Waals surface area (Å²) in [4.78, 5) is 25.6.